The van der Waals surface area contributed by atoms with E-state index in [9.17, 15) is 31.2 Å². The van der Waals surface area contributed by atoms with Crippen LogP contribution >= 0.6 is 0 Å². The van der Waals surface area contributed by atoms with Crippen LogP contribution in [0.4, 0.5) is 13.2 Å². The maximum atomic E-state index is 11.9. The molecule has 1 aliphatic heterocycles. The van der Waals surface area contributed by atoms with Gasteiger partial charge in [0.15, 0.2) is 5.25 Å². The van der Waals surface area contributed by atoms with Gasteiger partial charge >= 0.3 is 5.51 Å². The molecule has 1 atom stereocenters. The van der Waals surface area contributed by atoms with Gasteiger partial charge in [-0.15, -0.1) is 0 Å². The zero-order valence-electron chi connectivity index (χ0n) is 6.46. The van der Waals surface area contributed by atoms with E-state index < -0.39 is 38.8 Å². The fourth-order valence-corrected chi connectivity index (χ4v) is 1.98. The lowest BCUT2D eigenvalue weighted by molar-refractivity contribution is -0.124. The van der Waals surface area contributed by atoms with E-state index in [1.807, 2.05) is 0 Å². The first-order valence-corrected chi connectivity index (χ1v) is 4.85. The van der Waals surface area contributed by atoms with Gasteiger partial charge in [-0.25, -0.2) is 8.42 Å². The predicted molar refractivity (Wildman–Crippen MR) is 36.5 cm³/mol. The van der Waals surface area contributed by atoms with Crippen LogP contribution < -0.4 is 5.32 Å². The first-order valence-electron chi connectivity index (χ1n) is 3.30. The molecule has 1 fully saturated rings. The minimum absolute atomic E-state index is 0.972. The average molecular weight is 231 g/mol. The topological polar surface area (TPSA) is 80.3 Å². The first-order chi connectivity index (χ1) is 6.16. The number of nitrogens with one attached hydrogen (secondary N) is 1. The van der Waals surface area contributed by atoms with E-state index >= 15 is 0 Å². The van der Waals surface area contributed by atoms with Gasteiger partial charge in [0.2, 0.25) is 11.8 Å². The zero-order chi connectivity index (χ0) is 11.1. The normalized spacial score (nSPS) is 23.8. The molecule has 9 heteroatoms. The largest absolute Gasteiger partial charge is 0.498 e. The number of hydrogen-bond donors (Lipinski definition) is 1. The van der Waals surface area contributed by atoms with Crippen molar-refractivity contribution in [2.45, 2.75) is 17.2 Å². The molecule has 0 spiro atoms. The molecule has 0 aromatic heterocycles. The minimum atomic E-state index is -5.59. The van der Waals surface area contributed by atoms with E-state index in [-0.39, 0.29) is 0 Å². The summed E-state index contributed by atoms with van der Waals surface area (Å²) in [5.41, 5.74) is -5.51. The number of carbonyl (C=O) groups excluding carboxylic acids is 2. The Balaban J connectivity index is 3.08. The van der Waals surface area contributed by atoms with E-state index in [0.29, 0.717) is 0 Å². The summed E-state index contributed by atoms with van der Waals surface area (Å²) in [6.45, 7) is 0. The monoisotopic (exact) mass is 231 g/mol. The van der Waals surface area contributed by atoms with Crippen LogP contribution in [0.25, 0.3) is 0 Å². The quantitative estimate of drug-likeness (QED) is 0.607. The number of imide groups is 1. The summed E-state index contributed by atoms with van der Waals surface area (Å²) in [5, 5.41) is -0.850. The summed E-state index contributed by atoms with van der Waals surface area (Å²) >= 11 is 0. The Hall–Kier alpha value is -1.12. The maximum absolute atomic E-state index is 11.9. The minimum Gasteiger partial charge on any atom is -0.295 e. The van der Waals surface area contributed by atoms with Gasteiger partial charge in [-0.3, -0.25) is 14.9 Å². The molecule has 1 aliphatic rings. The molecule has 14 heavy (non-hydrogen) atoms. The van der Waals surface area contributed by atoms with Crippen molar-refractivity contribution in [3.8, 4) is 0 Å². The van der Waals surface area contributed by atoms with Gasteiger partial charge in [0, 0.05) is 0 Å². The number of carbonyl (C=O) groups is 2. The standard InChI is InChI=1S/C5H4F3NO4S/c6-5(7,8)14(12,13)2-1-3(10)9-4(2)11/h2H,1H2,(H,9,10,11). The van der Waals surface area contributed by atoms with Gasteiger partial charge in [0.05, 0.1) is 6.42 Å². The number of hydrogen-bond acceptors (Lipinski definition) is 4. The highest BCUT2D eigenvalue weighted by molar-refractivity contribution is 7.93. The number of sulfone groups is 1. The van der Waals surface area contributed by atoms with Crippen LogP contribution in [0.5, 0.6) is 0 Å². The van der Waals surface area contributed by atoms with Crippen LogP contribution in [-0.4, -0.2) is 31.0 Å². The van der Waals surface area contributed by atoms with Gasteiger partial charge in [0.25, 0.3) is 9.84 Å². The summed E-state index contributed by atoms with van der Waals surface area (Å²) in [6.07, 6.45) is -0.972. The summed E-state index contributed by atoms with van der Waals surface area (Å²) in [5.74, 6) is -2.44. The second-order valence-corrected chi connectivity index (χ2v) is 4.72. The average Bonchev–Trinajstić information content (AvgIpc) is 2.27. The molecule has 0 bridgehead atoms. The fourth-order valence-electron chi connectivity index (χ4n) is 0.942. The summed E-state index contributed by atoms with van der Waals surface area (Å²) in [7, 11) is -5.59. The molecular weight excluding hydrogens is 227 g/mol. The lowest BCUT2D eigenvalue weighted by atomic mass is 10.4. The third kappa shape index (κ3) is 1.59. The summed E-state index contributed by atoms with van der Waals surface area (Å²) in [4.78, 5) is 21.1. The van der Waals surface area contributed by atoms with Crippen molar-refractivity contribution in [2.75, 3.05) is 0 Å². The Bertz CT molecular complexity index is 384. The molecule has 1 rings (SSSR count). The van der Waals surface area contributed by atoms with Gasteiger partial charge in [-0.05, 0) is 0 Å². The second-order valence-electron chi connectivity index (χ2n) is 2.60. The van der Waals surface area contributed by atoms with Crippen molar-refractivity contribution in [1.82, 2.24) is 5.32 Å². The van der Waals surface area contributed by atoms with E-state index in [2.05, 4.69) is 0 Å². The Morgan fingerprint density at radius 3 is 2.07 bits per heavy atom. The van der Waals surface area contributed by atoms with E-state index in [1.54, 1.807) is 0 Å². The van der Waals surface area contributed by atoms with Gasteiger partial charge in [0.1, 0.15) is 0 Å². The second kappa shape index (κ2) is 2.94. The van der Waals surface area contributed by atoms with Crippen molar-refractivity contribution in [3.05, 3.63) is 0 Å². The van der Waals surface area contributed by atoms with E-state index in [4.69, 9.17) is 0 Å². The van der Waals surface area contributed by atoms with Gasteiger partial charge in [-0.1, -0.05) is 0 Å². The zero-order valence-corrected chi connectivity index (χ0v) is 7.28. The van der Waals surface area contributed by atoms with Crippen molar-refractivity contribution in [2.24, 2.45) is 0 Å². The van der Waals surface area contributed by atoms with E-state index in [0.717, 1.165) is 0 Å². The number of alkyl halides is 3. The number of amides is 2. The molecule has 0 aromatic carbocycles. The summed E-state index contributed by atoms with van der Waals surface area (Å²) < 4.78 is 57.1. The highest BCUT2D eigenvalue weighted by Gasteiger charge is 2.56. The van der Waals surface area contributed by atoms with Crippen molar-refractivity contribution < 1.29 is 31.2 Å². The molecule has 1 saturated heterocycles. The van der Waals surface area contributed by atoms with Crippen molar-refractivity contribution in [3.63, 3.8) is 0 Å². The molecule has 80 valence electrons. The predicted octanol–water partition coefficient (Wildman–Crippen LogP) is -0.664. The van der Waals surface area contributed by atoms with Gasteiger partial charge in [-0.2, -0.15) is 13.2 Å². The molecule has 1 unspecified atom stereocenters. The Morgan fingerprint density at radius 2 is 1.79 bits per heavy atom. The first kappa shape index (κ1) is 11.0. The van der Waals surface area contributed by atoms with E-state index in [1.165, 1.54) is 5.32 Å². The molecule has 1 heterocycles. The van der Waals surface area contributed by atoms with Crippen molar-refractivity contribution >= 4 is 21.7 Å². The SMILES string of the molecule is O=C1CC(S(=O)(=O)C(F)(F)F)C(=O)N1. The van der Waals surface area contributed by atoms with Crippen LogP contribution in [0.1, 0.15) is 6.42 Å². The van der Waals surface area contributed by atoms with Crippen LogP contribution in [-0.2, 0) is 19.4 Å². The van der Waals surface area contributed by atoms with Crippen LogP contribution in [0.15, 0.2) is 0 Å². The Kier molecular flexibility index (Phi) is 2.30. The van der Waals surface area contributed by atoms with Crippen molar-refractivity contribution in [1.29, 1.82) is 0 Å². The smallest absolute Gasteiger partial charge is 0.295 e. The lowest BCUT2D eigenvalue weighted by Gasteiger charge is -2.10. The lowest BCUT2D eigenvalue weighted by Crippen LogP contribution is -2.39. The summed E-state index contributed by atoms with van der Waals surface area (Å²) in [6, 6.07) is 0. The highest BCUT2D eigenvalue weighted by Crippen LogP contribution is 2.30. The fraction of sp³-hybridized carbons (Fsp3) is 0.600. The molecule has 0 radical (unpaired) electrons. The molecule has 0 aromatic rings. The Morgan fingerprint density at radius 1 is 1.29 bits per heavy atom. The molecule has 0 aliphatic carbocycles. The van der Waals surface area contributed by atoms with Crippen LogP contribution in [0.3, 0.4) is 0 Å². The molecule has 0 saturated carbocycles. The molecule has 5 nitrogen and oxygen atoms in total. The molecular formula is C5H4F3NO4S. The third-order valence-corrected chi connectivity index (χ3v) is 3.40. The van der Waals surface area contributed by atoms with Crippen LogP contribution in [0.2, 0.25) is 0 Å². The van der Waals surface area contributed by atoms with Gasteiger partial charge < -0.3 is 0 Å². The maximum Gasteiger partial charge on any atom is 0.498 e. The third-order valence-electron chi connectivity index (χ3n) is 1.62. The Labute approximate surface area is 76.2 Å². The number of halogens is 3. The highest BCUT2D eigenvalue weighted by atomic mass is 32.2. The molecule has 1 N–H and O–H groups in total. The van der Waals surface area contributed by atoms with Crippen LogP contribution in [0, 0.1) is 0 Å². The number of rotatable bonds is 1. The molecule has 2 amide bonds.